The van der Waals surface area contributed by atoms with Crippen molar-refractivity contribution in [1.82, 2.24) is 0 Å². The van der Waals surface area contributed by atoms with E-state index in [1.54, 1.807) is 12.5 Å². The molecule has 10 heteroatoms. The maximum atomic E-state index is 6.52. The lowest BCUT2D eigenvalue weighted by atomic mass is 9.58. The Kier molecular flexibility index (Phi) is 6.62. The minimum absolute atomic E-state index is 0.0780. The fourth-order valence-electron chi connectivity index (χ4n) is 10.3. The van der Waals surface area contributed by atoms with Gasteiger partial charge in [-0.05, 0) is 76.0 Å². The molecule has 10 rings (SSSR count). The molecule has 10 aliphatic rings. The summed E-state index contributed by atoms with van der Waals surface area (Å²) in [7, 11) is 0. The second-order valence-corrected chi connectivity index (χ2v) is 15.1. The Balaban J connectivity index is 0.970. The Morgan fingerprint density at radius 1 is 0.548 bits per heavy atom. The average Bonchev–Trinajstić information content (AvgIpc) is 3.33. The van der Waals surface area contributed by atoms with Crippen LogP contribution < -0.4 is 0 Å². The summed E-state index contributed by atoms with van der Waals surface area (Å²) in [5.41, 5.74) is -1.21. The quantitative estimate of drug-likeness (QED) is 0.290. The Labute approximate surface area is 248 Å². The lowest BCUT2D eigenvalue weighted by Gasteiger charge is -2.60. The fraction of sp³-hybridized carbons (Fsp3) is 0.938. The second-order valence-electron chi connectivity index (χ2n) is 15.1. The Bertz CT molecular complexity index is 1010. The van der Waals surface area contributed by atoms with Crippen molar-refractivity contribution in [3.8, 4) is 0 Å². The van der Waals surface area contributed by atoms with Crippen molar-refractivity contribution in [2.45, 2.75) is 141 Å². The van der Waals surface area contributed by atoms with E-state index < -0.39 is 47.9 Å². The molecular weight excluding hydrogens is 544 g/mol. The molecule has 4 bridgehead atoms. The van der Waals surface area contributed by atoms with Crippen molar-refractivity contribution in [3.05, 3.63) is 12.5 Å². The van der Waals surface area contributed by atoms with Gasteiger partial charge in [0.15, 0.2) is 23.8 Å². The summed E-state index contributed by atoms with van der Waals surface area (Å²) in [4.78, 5) is 24.3. The Morgan fingerprint density at radius 2 is 0.976 bits per heavy atom. The summed E-state index contributed by atoms with van der Waals surface area (Å²) in [6.45, 7) is 12.9. The van der Waals surface area contributed by atoms with Gasteiger partial charge in [-0.25, -0.2) is 19.6 Å². The van der Waals surface area contributed by atoms with Crippen molar-refractivity contribution in [2.75, 3.05) is 0 Å². The third-order valence-electron chi connectivity index (χ3n) is 12.7. The maximum Gasteiger partial charge on any atom is 0.204 e. The zero-order chi connectivity index (χ0) is 29.1. The van der Waals surface area contributed by atoms with Crippen LogP contribution in [0, 0.1) is 47.3 Å². The molecule has 10 nitrogen and oxygen atoms in total. The van der Waals surface area contributed by atoms with Crippen LogP contribution in [-0.4, -0.2) is 47.9 Å². The number of ether oxygens (including phenoxy) is 6. The van der Waals surface area contributed by atoms with Gasteiger partial charge >= 0.3 is 0 Å². The first-order valence-corrected chi connectivity index (χ1v) is 16.4. The topological polar surface area (TPSA) is 92.3 Å². The molecule has 0 radical (unpaired) electrons. The van der Waals surface area contributed by atoms with Crippen molar-refractivity contribution >= 4 is 0 Å². The first-order valence-electron chi connectivity index (χ1n) is 16.4. The summed E-state index contributed by atoms with van der Waals surface area (Å²) in [5, 5.41) is 0. The molecule has 2 spiro atoms. The molecule has 42 heavy (non-hydrogen) atoms. The van der Waals surface area contributed by atoms with E-state index in [1.165, 1.54) is 0 Å². The molecule has 0 amide bonds. The van der Waals surface area contributed by atoms with E-state index in [1.807, 2.05) is 13.8 Å². The first-order chi connectivity index (χ1) is 20.1. The normalized spacial score (nSPS) is 59.9. The highest BCUT2D eigenvalue weighted by atomic mass is 17.3. The molecule has 236 valence electrons. The molecule has 2 aliphatic carbocycles. The van der Waals surface area contributed by atoms with Crippen molar-refractivity contribution < 1.29 is 48.0 Å². The fourth-order valence-corrected chi connectivity index (χ4v) is 10.3. The van der Waals surface area contributed by atoms with Crippen LogP contribution in [0.5, 0.6) is 0 Å². The number of rotatable bonds is 4. The first kappa shape index (κ1) is 28.5. The van der Waals surface area contributed by atoms with Gasteiger partial charge in [-0.1, -0.05) is 27.7 Å². The van der Waals surface area contributed by atoms with Crippen molar-refractivity contribution in [1.29, 1.82) is 0 Å². The van der Waals surface area contributed by atoms with Crippen LogP contribution in [0.4, 0.5) is 0 Å². The van der Waals surface area contributed by atoms with E-state index in [0.717, 1.165) is 51.4 Å². The summed E-state index contributed by atoms with van der Waals surface area (Å²) in [6, 6.07) is 0. The molecule has 8 aliphatic heterocycles. The van der Waals surface area contributed by atoms with Gasteiger partial charge in [-0.3, -0.25) is 0 Å². The minimum Gasteiger partial charge on any atom is -0.469 e. The van der Waals surface area contributed by atoms with Crippen LogP contribution in [0.2, 0.25) is 0 Å². The third kappa shape index (κ3) is 3.92. The van der Waals surface area contributed by atoms with E-state index in [9.17, 15) is 0 Å². The largest absolute Gasteiger partial charge is 0.469 e. The van der Waals surface area contributed by atoms with E-state index in [2.05, 4.69) is 27.7 Å². The standard InChI is InChI=1S/C32H48O10/c1-17-7-9-23-19(3)25(35-27-31(23)21(17)11-13-29(5,37-27)39-41-31)33-15-16-34-26-20(4)24-10-8-18(2)22-12-14-30(6)38-28(36-26)32(22,24)42-40-30/h15-28H,7-14H2,1-6H3/b16-15-/t17-,18-,19-,20-,21?,22?,23+,24+,25?,26?,27-,28-,29+,30+,31-,32-/m1/s1. The molecule has 4 unspecified atom stereocenters. The van der Waals surface area contributed by atoms with Gasteiger partial charge in [0, 0.05) is 36.5 Å². The van der Waals surface area contributed by atoms with Crippen LogP contribution in [0.1, 0.15) is 92.9 Å². The monoisotopic (exact) mass is 592 g/mol. The van der Waals surface area contributed by atoms with Gasteiger partial charge in [0.2, 0.25) is 24.2 Å². The van der Waals surface area contributed by atoms with Crippen molar-refractivity contribution in [2.24, 2.45) is 47.3 Å². The molecule has 0 aromatic rings. The van der Waals surface area contributed by atoms with Gasteiger partial charge < -0.3 is 28.4 Å². The van der Waals surface area contributed by atoms with Gasteiger partial charge in [-0.2, -0.15) is 0 Å². The van der Waals surface area contributed by atoms with E-state index in [-0.39, 0.29) is 23.7 Å². The Morgan fingerprint density at radius 3 is 1.40 bits per heavy atom. The van der Waals surface area contributed by atoms with Crippen LogP contribution in [0.15, 0.2) is 12.5 Å². The predicted octanol–water partition coefficient (Wildman–Crippen LogP) is 5.91. The maximum absolute atomic E-state index is 6.52. The molecule has 8 saturated heterocycles. The van der Waals surface area contributed by atoms with Gasteiger partial charge in [0.25, 0.3) is 0 Å². The van der Waals surface area contributed by atoms with Crippen LogP contribution in [0.25, 0.3) is 0 Å². The molecular formula is C32H48O10. The number of fused-ring (bicyclic) bond motifs is 4. The molecule has 2 saturated carbocycles. The van der Waals surface area contributed by atoms with Gasteiger partial charge in [0.05, 0.1) is 0 Å². The highest BCUT2D eigenvalue weighted by Crippen LogP contribution is 2.62. The number of hydrogen-bond acceptors (Lipinski definition) is 10. The highest BCUT2D eigenvalue weighted by molar-refractivity contribution is 5.10. The zero-order valence-electron chi connectivity index (χ0n) is 25.8. The minimum atomic E-state index is -0.811. The predicted molar refractivity (Wildman–Crippen MR) is 145 cm³/mol. The molecule has 16 atom stereocenters. The lowest BCUT2D eigenvalue weighted by molar-refractivity contribution is -0.577. The van der Waals surface area contributed by atoms with E-state index >= 15 is 0 Å². The van der Waals surface area contributed by atoms with Gasteiger partial charge in [0.1, 0.15) is 12.5 Å². The second kappa shape index (κ2) is 9.76. The molecule has 0 aromatic heterocycles. The summed E-state index contributed by atoms with van der Waals surface area (Å²) in [5.74, 6) is 0.611. The van der Waals surface area contributed by atoms with Crippen LogP contribution >= 0.6 is 0 Å². The summed E-state index contributed by atoms with van der Waals surface area (Å²) >= 11 is 0. The summed E-state index contributed by atoms with van der Waals surface area (Å²) < 4.78 is 38.4. The van der Waals surface area contributed by atoms with Crippen molar-refractivity contribution in [3.63, 3.8) is 0 Å². The highest BCUT2D eigenvalue weighted by Gasteiger charge is 2.71. The molecule has 10 fully saturated rings. The molecule has 0 aromatic carbocycles. The number of hydrogen-bond donors (Lipinski definition) is 0. The van der Waals surface area contributed by atoms with Crippen LogP contribution in [0.3, 0.4) is 0 Å². The van der Waals surface area contributed by atoms with Gasteiger partial charge in [-0.15, -0.1) is 0 Å². The Hall–Kier alpha value is -0.980. The van der Waals surface area contributed by atoms with E-state index in [0.29, 0.717) is 23.7 Å². The zero-order valence-corrected chi connectivity index (χ0v) is 25.8. The third-order valence-corrected chi connectivity index (χ3v) is 12.7. The smallest absolute Gasteiger partial charge is 0.204 e. The van der Waals surface area contributed by atoms with Crippen LogP contribution in [-0.2, 0) is 48.0 Å². The molecule has 8 heterocycles. The lowest BCUT2D eigenvalue weighted by Crippen LogP contribution is -2.70. The summed E-state index contributed by atoms with van der Waals surface area (Å²) in [6.07, 6.45) is 9.01. The SMILES string of the molecule is C[C@@H]1CC[C@H]2[C@@H](C)C(O/C=C\OC3O[C@@H]4O[C@]5(C)CCC6[C@H](C)CC[C@@H]([C@H]3C)[C@]64OO5)O[C@@H]3O[C@]4(C)CCC1[C@]32OO4. The molecule has 0 N–H and O–H groups in total. The van der Waals surface area contributed by atoms with E-state index in [4.69, 9.17) is 48.0 Å². The average molecular weight is 593 g/mol.